The number of rotatable bonds is 4. The maximum absolute atomic E-state index is 11.4. The zero-order chi connectivity index (χ0) is 10.6. The van der Waals surface area contributed by atoms with Crippen LogP contribution in [0.5, 0.6) is 0 Å². The Morgan fingerprint density at radius 2 is 2.14 bits per heavy atom. The maximum atomic E-state index is 11.4. The lowest BCUT2D eigenvalue weighted by atomic mass is 10.1. The van der Waals surface area contributed by atoms with Crippen molar-refractivity contribution in [3.8, 4) is 0 Å². The predicted octanol–water partition coefficient (Wildman–Crippen LogP) is 1.62. The summed E-state index contributed by atoms with van der Waals surface area (Å²) >= 11 is 0. The number of nitrogens with zero attached hydrogens (tertiary/aromatic N) is 1. The van der Waals surface area contributed by atoms with Gasteiger partial charge in [-0.1, -0.05) is 19.9 Å². The Morgan fingerprint density at radius 3 is 2.71 bits per heavy atom. The molecule has 0 fully saturated rings. The van der Waals surface area contributed by atoms with Crippen molar-refractivity contribution < 1.29 is 4.74 Å². The van der Waals surface area contributed by atoms with Crippen molar-refractivity contribution in [2.24, 2.45) is 0 Å². The van der Waals surface area contributed by atoms with E-state index in [1.807, 2.05) is 12.3 Å². The van der Waals surface area contributed by atoms with E-state index in [-0.39, 0.29) is 5.56 Å². The minimum absolute atomic E-state index is 0.0338. The molecule has 0 unspecified atom stereocenters. The van der Waals surface area contributed by atoms with Crippen LogP contribution in [0.3, 0.4) is 0 Å². The minimum Gasteiger partial charge on any atom is -0.383 e. The maximum Gasteiger partial charge on any atom is 0.250 e. The topological polar surface area (TPSA) is 31.2 Å². The standard InChI is InChI=1S/C11H17NO2/c1-9(2)10-4-5-11(13)12(8-10)6-7-14-3/h4-5,8-9H,6-7H2,1-3H3. The summed E-state index contributed by atoms with van der Waals surface area (Å²) in [5.74, 6) is 0.449. The molecule has 1 aromatic rings. The van der Waals surface area contributed by atoms with Crippen LogP contribution in [-0.4, -0.2) is 18.3 Å². The molecule has 0 aromatic carbocycles. The van der Waals surface area contributed by atoms with Gasteiger partial charge >= 0.3 is 0 Å². The third-order valence-electron chi connectivity index (χ3n) is 2.21. The Kier molecular flexibility index (Phi) is 3.89. The monoisotopic (exact) mass is 195 g/mol. The second-order valence-electron chi connectivity index (χ2n) is 3.64. The van der Waals surface area contributed by atoms with E-state index < -0.39 is 0 Å². The summed E-state index contributed by atoms with van der Waals surface area (Å²) in [6.07, 6.45) is 1.91. The number of methoxy groups -OCH3 is 1. The fourth-order valence-corrected chi connectivity index (χ4v) is 1.26. The normalized spacial score (nSPS) is 10.9. The van der Waals surface area contributed by atoms with Crippen LogP contribution in [0.1, 0.15) is 25.3 Å². The fraction of sp³-hybridized carbons (Fsp3) is 0.545. The summed E-state index contributed by atoms with van der Waals surface area (Å²) in [7, 11) is 1.64. The van der Waals surface area contributed by atoms with Crippen LogP contribution in [-0.2, 0) is 11.3 Å². The molecule has 3 heteroatoms. The Hall–Kier alpha value is -1.09. The molecule has 0 saturated carbocycles. The quantitative estimate of drug-likeness (QED) is 0.731. The number of ether oxygens (including phenoxy) is 1. The third kappa shape index (κ3) is 2.70. The highest BCUT2D eigenvalue weighted by atomic mass is 16.5. The van der Waals surface area contributed by atoms with Crippen LogP contribution in [0.25, 0.3) is 0 Å². The molecule has 0 aliphatic heterocycles. The van der Waals surface area contributed by atoms with Gasteiger partial charge in [0.05, 0.1) is 6.61 Å². The predicted molar refractivity (Wildman–Crippen MR) is 56.7 cm³/mol. The van der Waals surface area contributed by atoms with Gasteiger partial charge < -0.3 is 9.30 Å². The number of aromatic nitrogens is 1. The second-order valence-corrected chi connectivity index (χ2v) is 3.64. The largest absolute Gasteiger partial charge is 0.383 e. The molecule has 14 heavy (non-hydrogen) atoms. The molecular formula is C11H17NO2. The van der Waals surface area contributed by atoms with E-state index in [4.69, 9.17) is 4.74 Å². The van der Waals surface area contributed by atoms with Crippen LogP contribution in [0.2, 0.25) is 0 Å². The van der Waals surface area contributed by atoms with Crippen molar-refractivity contribution in [1.82, 2.24) is 4.57 Å². The van der Waals surface area contributed by atoms with Crippen LogP contribution in [0.4, 0.5) is 0 Å². The molecule has 3 nitrogen and oxygen atoms in total. The highest BCUT2D eigenvalue weighted by molar-refractivity contribution is 5.13. The molecule has 0 spiro atoms. The first-order valence-corrected chi connectivity index (χ1v) is 4.84. The van der Waals surface area contributed by atoms with E-state index in [2.05, 4.69) is 13.8 Å². The van der Waals surface area contributed by atoms with Gasteiger partial charge in [-0.15, -0.1) is 0 Å². The first-order chi connectivity index (χ1) is 6.65. The summed E-state index contributed by atoms with van der Waals surface area (Å²) in [5.41, 5.74) is 1.21. The lowest BCUT2D eigenvalue weighted by molar-refractivity contribution is 0.186. The zero-order valence-corrected chi connectivity index (χ0v) is 8.99. The highest BCUT2D eigenvalue weighted by Gasteiger charge is 2.01. The van der Waals surface area contributed by atoms with Gasteiger partial charge in [0.15, 0.2) is 0 Å². The van der Waals surface area contributed by atoms with E-state index in [0.717, 1.165) is 0 Å². The van der Waals surface area contributed by atoms with Gasteiger partial charge in [-0.05, 0) is 11.5 Å². The fourth-order valence-electron chi connectivity index (χ4n) is 1.26. The van der Waals surface area contributed by atoms with Crippen LogP contribution >= 0.6 is 0 Å². The Bertz CT molecular complexity index is 341. The van der Waals surface area contributed by atoms with E-state index in [1.54, 1.807) is 17.7 Å². The van der Waals surface area contributed by atoms with Crippen LogP contribution in [0, 0.1) is 0 Å². The van der Waals surface area contributed by atoms with Gasteiger partial charge in [0.2, 0.25) is 0 Å². The third-order valence-corrected chi connectivity index (χ3v) is 2.21. The van der Waals surface area contributed by atoms with Gasteiger partial charge in [-0.2, -0.15) is 0 Å². The molecule has 0 bridgehead atoms. The van der Waals surface area contributed by atoms with Gasteiger partial charge in [-0.3, -0.25) is 4.79 Å². The van der Waals surface area contributed by atoms with E-state index in [1.165, 1.54) is 5.56 Å². The Morgan fingerprint density at radius 1 is 1.43 bits per heavy atom. The smallest absolute Gasteiger partial charge is 0.250 e. The van der Waals surface area contributed by atoms with Crippen molar-refractivity contribution >= 4 is 0 Å². The van der Waals surface area contributed by atoms with E-state index in [9.17, 15) is 4.79 Å². The summed E-state index contributed by atoms with van der Waals surface area (Å²) in [6.45, 7) is 5.41. The molecule has 0 saturated heterocycles. The highest BCUT2D eigenvalue weighted by Crippen LogP contribution is 2.11. The lowest BCUT2D eigenvalue weighted by Gasteiger charge is -2.09. The Labute approximate surface area is 84.3 Å². The molecule has 0 aliphatic carbocycles. The van der Waals surface area contributed by atoms with Crippen molar-refractivity contribution in [1.29, 1.82) is 0 Å². The van der Waals surface area contributed by atoms with Gasteiger partial charge in [0.25, 0.3) is 5.56 Å². The second kappa shape index (κ2) is 4.96. The number of pyridine rings is 1. The summed E-state index contributed by atoms with van der Waals surface area (Å²) in [5, 5.41) is 0. The van der Waals surface area contributed by atoms with Crippen LogP contribution < -0.4 is 5.56 Å². The molecule has 1 heterocycles. The van der Waals surface area contributed by atoms with Gasteiger partial charge in [0.1, 0.15) is 0 Å². The summed E-state index contributed by atoms with van der Waals surface area (Å²) in [6, 6.07) is 3.50. The molecule has 78 valence electrons. The van der Waals surface area contributed by atoms with Crippen molar-refractivity contribution in [2.45, 2.75) is 26.3 Å². The summed E-state index contributed by atoms with van der Waals surface area (Å²) in [4.78, 5) is 11.4. The molecule has 0 amide bonds. The average molecular weight is 195 g/mol. The molecule has 0 N–H and O–H groups in total. The lowest BCUT2D eigenvalue weighted by Crippen LogP contribution is -2.21. The van der Waals surface area contributed by atoms with Gasteiger partial charge in [0, 0.05) is 25.9 Å². The average Bonchev–Trinajstić information content (AvgIpc) is 2.16. The van der Waals surface area contributed by atoms with Crippen LogP contribution in [0.15, 0.2) is 23.1 Å². The van der Waals surface area contributed by atoms with E-state index >= 15 is 0 Å². The first-order valence-electron chi connectivity index (χ1n) is 4.84. The molecule has 0 radical (unpaired) electrons. The molecule has 0 aliphatic rings. The van der Waals surface area contributed by atoms with Crippen molar-refractivity contribution in [2.75, 3.05) is 13.7 Å². The molecular weight excluding hydrogens is 178 g/mol. The SMILES string of the molecule is COCCn1cc(C(C)C)ccc1=O. The van der Waals surface area contributed by atoms with E-state index in [0.29, 0.717) is 19.1 Å². The Balaban J connectivity index is 2.91. The number of hydrogen-bond donors (Lipinski definition) is 0. The minimum atomic E-state index is 0.0338. The van der Waals surface area contributed by atoms with Gasteiger partial charge in [-0.25, -0.2) is 0 Å². The molecule has 0 atom stereocenters. The summed E-state index contributed by atoms with van der Waals surface area (Å²) < 4.78 is 6.63. The van der Waals surface area contributed by atoms with Crippen molar-refractivity contribution in [3.05, 3.63) is 34.2 Å². The number of hydrogen-bond acceptors (Lipinski definition) is 2. The zero-order valence-electron chi connectivity index (χ0n) is 8.99. The molecule has 1 aromatic heterocycles. The van der Waals surface area contributed by atoms with Crippen molar-refractivity contribution in [3.63, 3.8) is 0 Å². The first kappa shape index (κ1) is 11.0. The molecule has 1 rings (SSSR count).